The number of methoxy groups -OCH3 is 1. The van der Waals surface area contributed by atoms with Crippen molar-refractivity contribution in [1.29, 1.82) is 0 Å². The average molecular weight is 634 g/mol. The van der Waals surface area contributed by atoms with Crippen LogP contribution in [0, 0.1) is 5.92 Å². The number of benzene rings is 4. The Balaban J connectivity index is 1.34. The molecule has 242 valence electrons. The number of carbonyl (C=O) groups is 3. The van der Waals surface area contributed by atoms with E-state index in [0.717, 1.165) is 11.1 Å². The molecule has 9 nitrogen and oxygen atoms in total. The predicted octanol–water partition coefficient (Wildman–Crippen LogP) is 5.29. The third kappa shape index (κ3) is 7.43. The number of fused-ring (bicyclic) bond motifs is 1. The minimum Gasteiger partial charge on any atom is -0.497 e. The summed E-state index contributed by atoms with van der Waals surface area (Å²) >= 11 is 0. The normalized spacial score (nSPS) is 16.2. The second-order valence-electron chi connectivity index (χ2n) is 11.5. The van der Waals surface area contributed by atoms with E-state index in [1.165, 1.54) is 12.0 Å². The lowest BCUT2D eigenvalue weighted by atomic mass is 9.83. The van der Waals surface area contributed by atoms with Crippen molar-refractivity contribution in [2.45, 2.75) is 32.0 Å². The van der Waals surface area contributed by atoms with E-state index in [4.69, 9.17) is 4.74 Å². The highest BCUT2D eigenvalue weighted by Gasteiger charge is 2.52. The summed E-state index contributed by atoms with van der Waals surface area (Å²) in [6, 6.07) is 30.8. The molecule has 0 fully saturated rings. The Morgan fingerprint density at radius 2 is 1.66 bits per heavy atom. The maximum absolute atomic E-state index is 14.1. The Hall–Kier alpha value is -5.25. The van der Waals surface area contributed by atoms with Crippen LogP contribution >= 0.6 is 0 Å². The summed E-state index contributed by atoms with van der Waals surface area (Å²) in [5.74, 6) is -1.14. The molecule has 0 saturated heterocycles. The minimum atomic E-state index is -1.92. The number of anilines is 2. The Labute approximate surface area is 274 Å². The van der Waals surface area contributed by atoms with E-state index in [-0.39, 0.29) is 37.9 Å². The molecule has 4 aromatic carbocycles. The number of hydrogen-bond donors (Lipinski definition) is 3. The van der Waals surface area contributed by atoms with Crippen molar-refractivity contribution in [2.75, 3.05) is 30.5 Å². The van der Waals surface area contributed by atoms with Crippen LogP contribution in [0.5, 0.6) is 5.75 Å². The maximum atomic E-state index is 14.1. The molecule has 0 bridgehead atoms. The van der Waals surface area contributed by atoms with Crippen LogP contribution in [0.3, 0.4) is 0 Å². The van der Waals surface area contributed by atoms with E-state index in [9.17, 15) is 24.6 Å². The number of rotatable bonds is 13. The lowest BCUT2D eigenvalue weighted by Gasteiger charge is -2.28. The van der Waals surface area contributed by atoms with Gasteiger partial charge in [-0.3, -0.25) is 14.4 Å². The van der Waals surface area contributed by atoms with Crippen molar-refractivity contribution >= 4 is 29.1 Å². The van der Waals surface area contributed by atoms with Crippen LogP contribution in [0.1, 0.15) is 40.4 Å². The molecule has 47 heavy (non-hydrogen) atoms. The lowest BCUT2D eigenvalue weighted by Crippen LogP contribution is -2.44. The summed E-state index contributed by atoms with van der Waals surface area (Å²) in [5, 5.41) is 24.6. The molecule has 0 aromatic heterocycles. The summed E-state index contributed by atoms with van der Waals surface area (Å²) < 4.78 is 5.43. The summed E-state index contributed by atoms with van der Waals surface area (Å²) in [6.45, 7) is 2.29. The van der Waals surface area contributed by atoms with E-state index < -0.39 is 17.4 Å². The molecule has 3 amide bonds. The lowest BCUT2D eigenvalue weighted by molar-refractivity contribution is -0.139. The number of aliphatic hydroxyl groups excluding tert-OH is 1. The molecule has 1 heterocycles. The molecular weight excluding hydrogens is 594 g/mol. The van der Waals surface area contributed by atoms with Gasteiger partial charge in [-0.2, -0.15) is 0 Å². The van der Waals surface area contributed by atoms with Crippen molar-refractivity contribution < 1.29 is 29.3 Å². The highest BCUT2D eigenvalue weighted by atomic mass is 16.5. The first-order valence-corrected chi connectivity index (χ1v) is 15.5. The van der Waals surface area contributed by atoms with E-state index in [0.29, 0.717) is 34.8 Å². The van der Waals surface area contributed by atoms with Crippen LogP contribution in [0.15, 0.2) is 115 Å². The van der Waals surface area contributed by atoms with Gasteiger partial charge in [0.05, 0.1) is 25.9 Å². The van der Waals surface area contributed by atoms with Crippen molar-refractivity contribution in [3.05, 3.63) is 138 Å². The minimum absolute atomic E-state index is 0.0393. The average Bonchev–Trinajstić information content (AvgIpc) is 3.30. The first kappa shape index (κ1) is 33.1. The molecule has 1 aliphatic rings. The van der Waals surface area contributed by atoms with Gasteiger partial charge in [0.15, 0.2) is 5.60 Å². The SMILES string of the molecule is COc1ccc2c(c1)[C@](O)([C@@H](C)/C=C/CC(=O)N(CCO)Cc1ccccc1)C(=O)N2Cc1cccc(NC(=O)c2ccccc2)c1. The van der Waals surface area contributed by atoms with E-state index >= 15 is 0 Å². The quantitative estimate of drug-likeness (QED) is 0.172. The van der Waals surface area contributed by atoms with Gasteiger partial charge < -0.3 is 30.1 Å². The van der Waals surface area contributed by atoms with Crippen LogP contribution in [0.4, 0.5) is 11.4 Å². The van der Waals surface area contributed by atoms with Gasteiger partial charge >= 0.3 is 0 Å². The van der Waals surface area contributed by atoms with Crippen LogP contribution in [0.25, 0.3) is 0 Å². The fourth-order valence-corrected chi connectivity index (χ4v) is 5.79. The molecule has 4 aromatic rings. The van der Waals surface area contributed by atoms with Crippen LogP contribution in [0.2, 0.25) is 0 Å². The van der Waals surface area contributed by atoms with Crippen molar-refractivity contribution in [3.8, 4) is 5.75 Å². The van der Waals surface area contributed by atoms with Gasteiger partial charge in [0, 0.05) is 42.2 Å². The molecule has 3 N–H and O–H groups in total. The summed E-state index contributed by atoms with van der Waals surface area (Å²) in [7, 11) is 1.52. The number of nitrogens with zero attached hydrogens (tertiary/aromatic N) is 2. The third-order valence-electron chi connectivity index (χ3n) is 8.35. The van der Waals surface area contributed by atoms with Gasteiger partial charge in [0.1, 0.15) is 5.75 Å². The Bertz CT molecular complexity index is 1740. The van der Waals surface area contributed by atoms with Gasteiger partial charge in [-0.15, -0.1) is 0 Å². The molecule has 9 heteroatoms. The van der Waals surface area contributed by atoms with Gasteiger partial charge in [-0.25, -0.2) is 0 Å². The Kier molecular flexibility index (Phi) is 10.5. The number of ether oxygens (including phenoxy) is 1. The maximum Gasteiger partial charge on any atom is 0.264 e. The summed E-state index contributed by atoms with van der Waals surface area (Å²) in [6.07, 6.45) is 3.38. The highest BCUT2D eigenvalue weighted by molar-refractivity contribution is 6.07. The zero-order valence-corrected chi connectivity index (χ0v) is 26.5. The van der Waals surface area contributed by atoms with E-state index in [1.807, 2.05) is 42.5 Å². The van der Waals surface area contributed by atoms with Crippen LogP contribution in [-0.4, -0.2) is 53.1 Å². The number of aliphatic hydroxyl groups is 2. The number of carbonyl (C=O) groups excluding carboxylic acids is 3. The molecular formula is C38H39N3O6. The first-order chi connectivity index (χ1) is 22.7. The van der Waals surface area contributed by atoms with E-state index in [2.05, 4.69) is 5.32 Å². The van der Waals surface area contributed by atoms with Gasteiger partial charge in [0.2, 0.25) is 5.91 Å². The zero-order chi connectivity index (χ0) is 33.4. The largest absolute Gasteiger partial charge is 0.497 e. The second kappa shape index (κ2) is 14.9. The first-order valence-electron chi connectivity index (χ1n) is 15.5. The van der Waals surface area contributed by atoms with Gasteiger partial charge in [0.25, 0.3) is 11.8 Å². The number of nitrogens with one attached hydrogen (secondary N) is 1. The number of hydrogen-bond acceptors (Lipinski definition) is 6. The van der Waals surface area contributed by atoms with Crippen LogP contribution in [-0.2, 0) is 28.3 Å². The topological polar surface area (TPSA) is 119 Å². The summed E-state index contributed by atoms with van der Waals surface area (Å²) in [5.41, 5.74) is 1.85. The fraction of sp³-hybridized carbons (Fsp3) is 0.237. The smallest absolute Gasteiger partial charge is 0.264 e. The highest BCUT2D eigenvalue weighted by Crippen LogP contribution is 2.47. The molecule has 0 saturated carbocycles. The molecule has 2 atom stereocenters. The summed E-state index contributed by atoms with van der Waals surface area (Å²) in [4.78, 5) is 43.0. The van der Waals surface area contributed by atoms with Gasteiger partial charge in [-0.05, 0) is 53.6 Å². The fourth-order valence-electron chi connectivity index (χ4n) is 5.79. The third-order valence-corrected chi connectivity index (χ3v) is 8.35. The molecule has 0 spiro atoms. The molecule has 0 aliphatic carbocycles. The van der Waals surface area contributed by atoms with Crippen molar-refractivity contribution in [2.24, 2.45) is 5.92 Å². The molecule has 1 aliphatic heterocycles. The monoisotopic (exact) mass is 633 g/mol. The van der Waals surface area contributed by atoms with Crippen molar-refractivity contribution in [1.82, 2.24) is 4.90 Å². The zero-order valence-electron chi connectivity index (χ0n) is 26.5. The predicted molar refractivity (Wildman–Crippen MR) is 181 cm³/mol. The van der Waals surface area contributed by atoms with Crippen molar-refractivity contribution in [3.63, 3.8) is 0 Å². The second-order valence-corrected chi connectivity index (χ2v) is 11.5. The van der Waals surface area contributed by atoms with Gasteiger partial charge in [-0.1, -0.05) is 79.7 Å². The molecule has 0 unspecified atom stereocenters. The van der Waals surface area contributed by atoms with Crippen LogP contribution < -0.4 is 15.0 Å². The standard InChI is InChI=1S/C38H39N3O6/c1-27(11-9-18-35(43)40(21-22-42)25-28-12-5-3-6-13-28)38(46)33-24-32(47-2)19-20-34(33)41(37(38)45)26-29-14-10-17-31(23-29)39-36(44)30-15-7-4-8-16-30/h3-17,19-20,23-24,27,42,46H,18,21-22,25-26H2,1-2H3,(H,39,44)/b11-9+/t27-,38+/m0/s1. The number of amides is 3. The van der Waals surface area contributed by atoms with E-state index in [1.54, 1.807) is 84.6 Å². The molecule has 5 rings (SSSR count). The Morgan fingerprint density at radius 1 is 0.957 bits per heavy atom. The molecule has 0 radical (unpaired) electrons. The Morgan fingerprint density at radius 3 is 2.36 bits per heavy atom.